The first-order chi connectivity index (χ1) is 9.65. The molecule has 2 bridgehead atoms. The van der Waals surface area contributed by atoms with E-state index in [1.807, 2.05) is 30.3 Å². The van der Waals surface area contributed by atoms with Crippen molar-refractivity contribution >= 4 is 11.5 Å². The number of rotatable bonds is 3. The summed E-state index contributed by atoms with van der Waals surface area (Å²) in [6, 6.07) is 10.7. The topological polar surface area (TPSA) is 29.5 Å². The molecule has 2 saturated heterocycles. The highest BCUT2D eigenvalue weighted by Gasteiger charge is 2.39. The van der Waals surface area contributed by atoms with Crippen LogP contribution in [0, 0.1) is 0 Å². The summed E-state index contributed by atoms with van der Waals surface area (Å²) in [6.07, 6.45) is 4.43. The Morgan fingerprint density at radius 1 is 1.20 bits per heavy atom. The zero-order valence-corrected chi connectivity index (χ0v) is 11.9. The van der Waals surface area contributed by atoms with Crippen molar-refractivity contribution in [3.63, 3.8) is 0 Å². The summed E-state index contributed by atoms with van der Waals surface area (Å²) in [6.45, 7) is 3.87. The molecular weight excluding hydrogens is 250 g/mol. The molecule has 3 heteroatoms. The maximum Gasteiger partial charge on any atom is 0.338 e. The van der Waals surface area contributed by atoms with Crippen molar-refractivity contribution < 1.29 is 9.53 Å². The molecule has 3 rings (SSSR count). The van der Waals surface area contributed by atoms with E-state index >= 15 is 0 Å². The molecule has 2 aliphatic rings. The van der Waals surface area contributed by atoms with Crippen molar-refractivity contribution in [1.82, 2.24) is 4.90 Å². The van der Waals surface area contributed by atoms with Crippen molar-refractivity contribution in [2.24, 2.45) is 0 Å². The summed E-state index contributed by atoms with van der Waals surface area (Å²) in [7, 11) is 2.18. The molecule has 2 atom stereocenters. The third-order valence-electron chi connectivity index (χ3n) is 4.70. The number of carbonyl (C=O) groups is 1. The Kier molecular flexibility index (Phi) is 3.62. The number of hydrogen-bond donors (Lipinski definition) is 0. The molecule has 0 aliphatic carbocycles. The highest BCUT2D eigenvalue weighted by atomic mass is 16.5. The molecule has 1 aromatic rings. The van der Waals surface area contributed by atoms with Gasteiger partial charge in [-0.25, -0.2) is 4.79 Å². The van der Waals surface area contributed by atoms with E-state index in [0.717, 1.165) is 18.4 Å². The van der Waals surface area contributed by atoms with Crippen LogP contribution in [0.5, 0.6) is 0 Å². The lowest BCUT2D eigenvalue weighted by molar-refractivity contribution is -0.145. The molecule has 0 N–H and O–H groups in total. The first-order valence-corrected chi connectivity index (χ1v) is 7.32. The van der Waals surface area contributed by atoms with Gasteiger partial charge in [-0.15, -0.1) is 0 Å². The van der Waals surface area contributed by atoms with Crippen LogP contribution in [0.4, 0.5) is 0 Å². The lowest BCUT2D eigenvalue weighted by Crippen LogP contribution is -2.43. The summed E-state index contributed by atoms with van der Waals surface area (Å²) < 4.78 is 5.67. The number of hydrogen-bond acceptors (Lipinski definition) is 3. The van der Waals surface area contributed by atoms with Crippen molar-refractivity contribution in [2.45, 2.75) is 43.9 Å². The quantitative estimate of drug-likeness (QED) is 0.625. The van der Waals surface area contributed by atoms with Gasteiger partial charge in [-0.3, -0.25) is 0 Å². The third-order valence-corrected chi connectivity index (χ3v) is 4.70. The second kappa shape index (κ2) is 5.41. The number of fused-ring (bicyclic) bond motifs is 2. The van der Waals surface area contributed by atoms with Crippen molar-refractivity contribution in [1.29, 1.82) is 0 Å². The molecule has 2 fully saturated rings. The highest BCUT2D eigenvalue weighted by molar-refractivity contribution is 6.15. The zero-order chi connectivity index (χ0) is 14.1. The zero-order valence-electron chi connectivity index (χ0n) is 11.9. The van der Waals surface area contributed by atoms with Gasteiger partial charge < -0.3 is 9.64 Å². The Morgan fingerprint density at radius 2 is 1.80 bits per heavy atom. The fourth-order valence-corrected chi connectivity index (χ4v) is 3.44. The van der Waals surface area contributed by atoms with E-state index in [2.05, 4.69) is 18.5 Å². The molecule has 2 unspecified atom stereocenters. The van der Waals surface area contributed by atoms with Crippen molar-refractivity contribution in [2.75, 3.05) is 7.05 Å². The van der Waals surface area contributed by atoms with E-state index < -0.39 is 0 Å². The van der Waals surface area contributed by atoms with Gasteiger partial charge >= 0.3 is 5.97 Å². The van der Waals surface area contributed by atoms with E-state index in [9.17, 15) is 4.79 Å². The van der Waals surface area contributed by atoms with Gasteiger partial charge in [-0.1, -0.05) is 36.9 Å². The normalized spacial score (nSPS) is 29.1. The molecule has 20 heavy (non-hydrogen) atoms. The second-order valence-electron chi connectivity index (χ2n) is 5.89. The van der Waals surface area contributed by atoms with Crippen molar-refractivity contribution in [3.8, 4) is 0 Å². The SMILES string of the molecule is C=C(C(=O)OC1CC2CCC(C1)N2C)c1ccccc1. The standard InChI is InChI=1S/C17H21NO2/c1-12(13-6-4-3-5-7-13)17(19)20-16-10-14-8-9-15(11-16)18(14)2/h3-7,14-16H,1,8-11H2,2H3. The number of carbonyl (C=O) groups excluding carboxylic acids is 1. The van der Waals surface area contributed by atoms with Crippen molar-refractivity contribution in [3.05, 3.63) is 42.5 Å². The van der Waals surface area contributed by atoms with E-state index in [4.69, 9.17) is 4.74 Å². The van der Waals surface area contributed by atoms with Gasteiger partial charge in [0.1, 0.15) is 6.10 Å². The Bertz CT molecular complexity index is 497. The molecule has 0 aromatic heterocycles. The minimum absolute atomic E-state index is 0.0525. The number of esters is 1. The fourth-order valence-electron chi connectivity index (χ4n) is 3.44. The van der Waals surface area contributed by atoms with Gasteiger partial charge in [-0.05, 0) is 25.5 Å². The van der Waals surface area contributed by atoms with Gasteiger partial charge in [-0.2, -0.15) is 0 Å². The fraction of sp³-hybridized carbons (Fsp3) is 0.471. The van der Waals surface area contributed by atoms with Crippen LogP contribution >= 0.6 is 0 Å². The van der Waals surface area contributed by atoms with E-state index in [-0.39, 0.29) is 12.1 Å². The summed E-state index contributed by atoms with van der Waals surface area (Å²) in [5.74, 6) is -0.273. The molecule has 2 aliphatic heterocycles. The largest absolute Gasteiger partial charge is 0.459 e. The Balaban J connectivity index is 1.61. The van der Waals surface area contributed by atoms with E-state index in [1.54, 1.807) is 0 Å². The van der Waals surface area contributed by atoms with E-state index in [0.29, 0.717) is 17.7 Å². The minimum Gasteiger partial charge on any atom is -0.459 e. The summed E-state index contributed by atoms with van der Waals surface area (Å²) in [5.41, 5.74) is 1.30. The Morgan fingerprint density at radius 3 is 2.40 bits per heavy atom. The first kappa shape index (κ1) is 13.4. The van der Waals surface area contributed by atoms with Crippen LogP contribution in [0.2, 0.25) is 0 Å². The number of nitrogens with zero attached hydrogens (tertiary/aromatic N) is 1. The number of ether oxygens (including phenoxy) is 1. The van der Waals surface area contributed by atoms with Crippen LogP contribution in [0.15, 0.2) is 36.9 Å². The average Bonchev–Trinajstić information content (AvgIpc) is 2.69. The maximum absolute atomic E-state index is 12.2. The predicted molar refractivity (Wildman–Crippen MR) is 79.2 cm³/mol. The first-order valence-electron chi connectivity index (χ1n) is 7.32. The molecule has 1 aromatic carbocycles. The highest BCUT2D eigenvalue weighted by Crippen LogP contribution is 2.35. The van der Waals surface area contributed by atoms with Crippen LogP contribution in [-0.2, 0) is 9.53 Å². The molecule has 2 heterocycles. The Labute approximate surface area is 120 Å². The minimum atomic E-state index is -0.273. The smallest absolute Gasteiger partial charge is 0.338 e. The summed E-state index contributed by atoms with van der Waals surface area (Å²) in [4.78, 5) is 14.6. The second-order valence-corrected chi connectivity index (χ2v) is 5.89. The Hall–Kier alpha value is -1.61. The predicted octanol–water partition coefficient (Wildman–Crippen LogP) is 2.87. The average molecular weight is 271 g/mol. The molecule has 0 spiro atoms. The van der Waals surface area contributed by atoms with Gasteiger partial charge in [0.2, 0.25) is 0 Å². The molecule has 0 amide bonds. The van der Waals surface area contributed by atoms with Crippen LogP contribution in [0.25, 0.3) is 5.57 Å². The summed E-state index contributed by atoms with van der Waals surface area (Å²) in [5, 5.41) is 0. The molecule has 0 radical (unpaired) electrons. The number of piperidine rings is 1. The lowest BCUT2D eigenvalue weighted by atomic mass is 10.0. The van der Waals surface area contributed by atoms with Gasteiger partial charge in [0.05, 0.1) is 5.57 Å². The van der Waals surface area contributed by atoms with Crippen LogP contribution < -0.4 is 0 Å². The summed E-state index contributed by atoms with van der Waals surface area (Å²) >= 11 is 0. The van der Waals surface area contributed by atoms with E-state index in [1.165, 1.54) is 12.8 Å². The van der Waals surface area contributed by atoms with Gasteiger partial charge in [0.15, 0.2) is 0 Å². The van der Waals surface area contributed by atoms with Crippen LogP contribution in [-0.4, -0.2) is 36.1 Å². The maximum atomic E-state index is 12.2. The number of benzene rings is 1. The molecular formula is C17H21NO2. The van der Waals surface area contributed by atoms with Gasteiger partial charge in [0.25, 0.3) is 0 Å². The monoisotopic (exact) mass is 271 g/mol. The van der Waals surface area contributed by atoms with Gasteiger partial charge in [0, 0.05) is 24.9 Å². The molecule has 0 saturated carbocycles. The molecule has 106 valence electrons. The molecule has 3 nitrogen and oxygen atoms in total. The lowest BCUT2D eigenvalue weighted by Gasteiger charge is -2.35. The van der Waals surface area contributed by atoms with Crippen LogP contribution in [0.3, 0.4) is 0 Å². The third kappa shape index (κ3) is 2.50. The van der Waals surface area contributed by atoms with Crippen LogP contribution in [0.1, 0.15) is 31.2 Å².